The summed E-state index contributed by atoms with van der Waals surface area (Å²) < 4.78 is 0. The molecular weight excluding hydrogens is 230 g/mol. The number of carbonyl (C=O) groups excluding carboxylic acids is 1. The minimum atomic E-state index is -0.974. The van der Waals surface area contributed by atoms with Gasteiger partial charge in [0.05, 0.1) is 5.56 Å². The van der Waals surface area contributed by atoms with Gasteiger partial charge in [0.1, 0.15) is 0 Å². The quantitative estimate of drug-likeness (QED) is 0.804. The highest BCUT2D eigenvalue weighted by molar-refractivity contribution is 6.03. The van der Waals surface area contributed by atoms with Crippen LogP contribution in [-0.4, -0.2) is 17.0 Å². The van der Waals surface area contributed by atoms with Gasteiger partial charge in [-0.25, -0.2) is 4.79 Å². The summed E-state index contributed by atoms with van der Waals surface area (Å²) in [4.78, 5) is 22.6. The Morgan fingerprint density at radius 3 is 2.56 bits per heavy atom. The number of aromatic carboxylic acids is 1. The molecule has 96 valence electrons. The maximum Gasteiger partial charge on any atom is 0.335 e. The van der Waals surface area contributed by atoms with Crippen LogP contribution in [0.15, 0.2) is 29.8 Å². The molecule has 0 saturated carbocycles. The molecule has 1 amide bonds. The lowest BCUT2D eigenvalue weighted by molar-refractivity contribution is -0.112. The molecule has 0 bridgehead atoms. The summed E-state index contributed by atoms with van der Waals surface area (Å²) in [5.74, 6) is -1.14. The van der Waals surface area contributed by atoms with Crippen molar-refractivity contribution in [1.82, 2.24) is 0 Å². The van der Waals surface area contributed by atoms with Gasteiger partial charge in [0.2, 0.25) is 0 Å². The molecule has 4 heteroatoms. The van der Waals surface area contributed by atoms with Crippen molar-refractivity contribution >= 4 is 17.6 Å². The van der Waals surface area contributed by atoms with Gasteiger partial charge in [0.25, 0.3) is 5.91 Å². The first-order valence-electron chi connectivity index (χ1n) is 5.77. The minimum Gasteiger partial charge on any atom is -0.478 e. The second-order valence-corrected chi connectivity index (χ2v) is 4.08. The van der Waals surface area contributed by atoms with Gasteiger partial charge in [-0.1, -0.05) is 13.0 Å². The molecule has 1 aromatic rings. The number of hydrogen-bond acceptors (Lipinski definition) is 2. The molecule has 0 radical (unpaired) electrons. The smallest absolute Gasteiger partial charge is 0.335 e. The predicted molar refractivity (Wildman–Crippen MR) is 70.8 cm³/mol. The third kappa shape index (κ3) is 3.45. The van der Waals surface area contributed by atoms with Crippen molar-refractivity contribution in [2.24, 2.45) is 0 Å². The Morgan fingerprint density at radius 2 is 2.06 bits per heavy atom. The topological polar surface area (TPSA) is 66.4 Å². The monoisotopic (exact) mass is 247 g/mol. The van der Waals surface area contributed by atoms with Crippen molar-refractivity contribution < 1.29 is 14.7 Å². The zero-order valence-electron chi connectivity index (χ0n) is 10.8. The molecule has 1 rings (SSSR count). The maximum atomic E-state index is 11.8. The van der Waals surface area contributed by atoms with Crippen LogP contribution in [0.4, 0.5) is 5.69 Å². The SMILES string of the molecule is CC/C=C(\C)C(=O)Nc1ccc(C(=O)O)cc1C. The summed E-state index contributed by atoms with van der Waals surface area (Å²) in [5, 5.41) is 11.6. The summed E-state index contributed by atoms with van der Waals surface area (Å²) in [7, 11) is 0. The van der Waals surface area contributed by atoms with E-state index in [1.807, 2.05) is 13.0 Å². The minimum absolute atomic E-state index is 0.164. The fraction of sp³-hybridized carbons (Fsp3) is 0.286. The lowest BCUT2D eigenvalue weighted by Crippen LogP contribution is -2.13. The van der Waals surface area contributed by atoms with Gasteiger partial charge >= 0.3 is 5.97 Å². The second kappa shape index (κ2) is 6.00. The fourth-order valence-electron chi connectivity index (χ4n) is 1.56. The van der Waals surface area contributed by atoms with E-state index in [2.05, 4.69) is 5.32 Å². The molecule has 0 aliphatic rings. The summed E-state index contributed by atoms with van der Waals surface area (Å²) in [6.45, 7) is 5.48. The van der Waals surface area contributed by atoms with E-state index < -0.39 is 5.97 Å². The molecule has 0 aromatic heterocycles. The van der Waals surface area contributed by atoms with Crippen LogP contribution in [0.5, 0.6) is 0 Å². The van der Waals surface area contributed by atoms with Crippen molar-refractivity contribution in [2.45, 2.75) is 27.2 Å². The zero-order valence-corrected chi connectivity index (χ0v) is 10.8. The van der Waals surface area contributed by atoms with Gasteiger partial charge in [-0.3, -0.25) is 4.79 Å². The fourth-order valence-corrected chi connectivity index (χ4v) is 1.56. The average molecular weight is 247 g/mol. The van der Waals surface area contributed by atoms with Gasteiger partial charge in [-0.05, 0) is 44.0 Å². The molecular formula is C14H17NO3. The first-order valence-corrected chi connectivity index (χ1v) is 5.77. The Labute approximate surface area is 106 Å². The highest BCUT2D eigenvalue weighted by Crippen LogP contribution is 2.17. The molecule has 0 fully saturated rings. The van der Waals surface area contributed by atoms with Crippen LogP contribution >= 0.6 is 0 Å². The molecule has 18 heavy (non-hydrogen) atoms. The Kier molecular flexibility index (Phi) is 4.66. The molecule has 2 N–H and O–H groups in total. The molecule has 4 nitrogen and oxygen atoms in total. The van der Waals surface area contributed by atoms with Gasteiger partial charge in [0.15, 0.2) is 0 Å². The Balaban J connectivity index is 2.89. The van der Waals surface area contributed by atoms with E-state index in [-0.39, 0.29) is 11.5 Å². The average Bonchev–Trinajstić information content (AvgIpc) is 2.31. The first-order chi connectivity index (χ1) is 8.45. The normalized spacial score (nSPS) is 11.2. The van der Waals surface area contributed by atoms with Crippen LogP contribution in [0.2, 0.25) is 0 Å². The number of carboxylic acids is 1. The number of benzene rings is 1. The number of carboxylic acid groups (broad SMARTS) is 1. The molecule has 0 saturated heterocycles. The van der Waals surface area contributed by atoms with Crippen LogP contribution in [0.3, 0.4) is 0 Å². The van der Waals surface area contributed by atoms with Crippen molar-refractivity contribution in [3.05, 3.63) is 41.0 Å². The standard InChI is InChI=1S/C14H17NO3/c1-4-5-9(2)13(16)15-12-7-6-11(14(17)18)8-10(12)3/h5-8H,4H2,1-3H3,(H,15,16)(H,17,18)/b9-5+. The van der Waals surface area contributed by atoms with Gasteiger partial charge < -0.3 is 10.4 Å². The van der Waals surface area contributed by atoms with Crippen LogP contribution < -0.4 is 5.32 Å². The van der Waals surface area contributed by atoms with Gasteiger partial charge in [-0.15, -0.1) is 0 Å². The number of aryl methyl sites for hydroxylation is 1. The number of hydrogen-bond donors (Lipinski definition) is 2. The predicted octanol–water partition coefficient (Wildman–Crippen LogP) is 2.99. The summed E-state index contributed by atoms with van der Waals surface area (Å²) in [6, 6.07) is 4.62. The van der Waals surface area contributed by atoms with E-state index in [0.717, 1.165) is 12.0 Å². The van der Waals surface area contributed by atoms with Crippen LogP contribution in [-0.2, 0) is 4.79 Å². The van der Waals surface area contributed by atoms with Crippen molar-refractivity contribution in [3.63, 3.8) is 0 Å². The van der Waals surface area contributed by atoms with Crippen molar-refractivity contribution in [2.75, 3.05) is 5.32 Å². The van der Waals surface area contributed by atoms with Crippen molar-refractivity contribution in [1.29, 1.82) is 0 Å². The summed E-state index contributed by atoms with van der Waals surface area (Å²) in [6.07, 6.45) is 2.65. The molecule has 0 aliphatic carbocycles. The highest BCUT2D eigenvalue weighted by Gasteiger charge is 2.09. The van der Waals surface area contributed by atoms with E-state index >= 15 is 0 Å². The number of anilines is 1. The number of nitrogens with one attached hydrogen (secondary N) is 1. The lowest BCUT2D eigenvalue weighted by Gasteiger charge is -2.09. The molecule has 0 unspecified atom stereocenters. The van der Waals surface area contributed by atoms with E-state index in [1.165, 1.54) is 12.1 Å². The Morgan fingerprint density at radius 1 is 1.39 bits per heavy atom. The van der Waals surface area contributed by atoms with Gasteiger partial charge in [-0.2, -0.15) is 0 Å². The van der Waals surface area contributed by atoms with E-state index in [4.69, 9.17) is 5.11 Å². The van der Waals surface area contributed by atoms with Crippen LogP contribution in [0.25, 0.3) is 0 Å². The number of amides is 1. The van der Waals surface area contributed by atoms with E-state index in [9.17, 15) is 9.59 Å². The van der Waals surface area contributed by atoms with Crippen LogP contribution in [0, 0.1) is 6.92 Å². The van der Waals surface area contributed by atoms with Gasteiger partial charge in [0, 0.05) is 11.3 Å². The Bertz CT molecular complexity index is 504. The number of carbonyl (C=O) groups is 2. The van der Waals surface area contributed by atoms with E-state index in [1.54, 1.807) is 19.9 Å². The first kappa shape index (κ1) is 14.0. The number of rotatable bonds is 4. The molecule has 0 atom stereocenters. The molecule has 1 aromatic carbocycles. The third-order valence-electron chi connectivity index (χ3n) is 2.59. The molecule has 0 heterocycles. The largest absolute Gasteiger partial charge is 0.478 e. The van der Waals surface area contributed by atoms with E-state index in [0.29, 0.717) is 11.3 Å². The summed E-state index contributed by atoms with van der Waals surface area (Å²) >= 11 is 0. The Hall–Kier alpha value is -2.10. The summed E-state index contributed by atoms with van der Waals surface area (Å²) in [5.41, 5.74) is 2.23. The lowest BCUT2D eigenvalue weighted by atomic mass is 10.1. The maximum absolute atomic E-state index is 11.8. The molecule has 0 aliphatic heterocycles. The van der Waals surface area contributed by atoms with Crippen molar-refractivity contribution in [3.8, 4) is 0 Å². The third-order valence-corrected chi connectivity index (χ3v) is 2.59. The zero-order chi connectivity index (χ0) is 13.7. The number of allylic oxidation sites excluding steroid dienone is 1. The van der Waals surface area contributed by atoms with Crippen LogP contribution in [0.1, 0.15) is 36.2 Å². The highest BCUT2D eigenvalue weighted by atomic mass is 16.4. The second-order valence-electron chi connectivity index (χ2n) is 4.08. The molecule has 0 spiro atoms.